The molecule has 104 valence electrons. The zero-order valence-electron chi connectivity index (χ0n) is 11.3. The predicted molar refractivity (Wildman–Crippen MR) is 76.1 cm³/mol. The summed E-state index contributed by atoms with van der Waals surface area (Å²) in [5.74, 6) is 0.178. The Hall–Kier alpha value is -1.75. The Bertz CT molecular complexity index is 442. The van der Waals surface area contributed by atoms with E-state index in [1.165, 1.54) is 0 Å². The highest BCUT2D eigenvalue weighted by Crippen LogP contribution is 2.20. The largest absolute Gasteiger partial charge is 0.398 e. The molecular weight excluding hydrogens is 242 g/mol. The highest BCUT2D eigenvalue weighted by Gasteiger charge is 2.16. The first-order chi connectivity index (χ1) is 9.18. The van der Waals surface area contributed by atoms with Gasteiger partial charge < -0.3 is 20.7 Å². The van der Waals surface area contributed by atoms with Crippen LogP contribution in [0.4, 0.5) is 11.4 Å². The quantitative estimate of drug-likeness (QED) is 0.802. The molecule has 5 heteroatoms. The maximum absolute atomic E-state index is 11.9. The summed E-state index contributed by atoms with van der Waals surface area (Å²) >= 11 is 0. The van der Waals surface area contributed by atoms with Crippen LogP contribution < -0.4 is 11.1 Å². The zero-order chi connectivity index (χ0) is 13.7. The lowest BCUT2D eigenvalue weighted by atomic mass is 10.1. The molecule has 1 aliphatic rings. The molecule has 1 aliphatic heterocycles. The average Bonchev–Trinajstić information content (AvgIpc) is 2.44. The van der Waals surface area contributed by atoms with Crippen molar-refractivity contribution in [3.63, 3.8) is 0 Å². The molecule has 0 saturated carbocycles. The minimum atomic E-state index is 0.178. The molecule has 1 fully saturated rings. The number of rotatable bonds is 4. The van der Waals surface area contributed by atoms with Crippen LogP contribution in [-0.2, 0) is 9.53 Å². The Morgan fingerprint density at radius 3 is 2.89 bits per heavy atom. The molecule has 2 rings (SSSR count). The van der Waals surface area contributed by atoms with E-state index in [-0.39, 0.29) is 5.91 Å². The van der Waals surface area contributed by atoms with Crippen molar-refractivity contribution in [2.24, 2.45) is 0 Å². The summed E-state index contributed by atoms with van der Waals surface area (Å²) in [5.41, 5.74) is 8.63. The van der Waals surface area contributed by atoms with Gasteiger partial charge in [-0.25, -0.2) is 0 Å². The molecule has 1 heterocycles. The van der Waals surface area contributed by atoms with Crippen LogP contribution in [0.1, 0.15) is 12.0 Å². The minimum Gasteiger partial charge on any atom is -0.398 e. The fourth-order valence-corrected chi connectivity index (χ4v) is 2.12. The second-order valence-corrected chi connectivity index (χ2v) is 4.69. The second kappa shape index (κ2) is 6.43. The van der Waals surface area contributed by atoms with Gasteiger partial charge in [-0.2, -0.15) is 0 Å². The van der Waals surface area contributed by atoms with E-state index in [4.69, 9.17) is 10.5 Å². The van der Waals surface area contributed by atoms with Crippen LogP contribution in [0.2, 0.25) is 0 Å². The first-order valence-electron chi connectivity index (χ1n) is 6.63. The number of nitrogens with two attached hydrogens (primary N) is 1. The van der Waals surface area contributed by atoms with Crippen LogP contribution in [-0.4, -0.2) is 43.7 Å². The number of carbonyl (C=O) groups is 1. The number of nitrogens with zero attached hydrogens (tertiary/aromatic N) is 1. The number of morpholine rings is 1. The normalized spacial score (nSPS) is 15.3. The lowest BCUT2D eigenvalue weighted by Crippen LogP contribution is -2.41. The summed E-state index contributed by atoms with van der Waals surface area (Å²) in [6.45, 7) is 5.30. The van der Waals surface area contributed by atoms with Crippen molar-refractivity contribution < 1.29 is 9.53 Å². The first-order valence-corrected chi connectivity index (χ1v) is 6.63. The Labute approximate surface area is 113 Å². The highest BCUT2D eigenvalue weighted by molar-refractivity contribution is 5.77. The van der Waals surface area contributed by atoms with Crippen molar-refractivity contribution in [3.8, 4) is 0 Å². The van der Waals surface area contributed by atoms with E-state index in [2.05, 4.69) is 5.32 Å². The molecule has 5 nitrogen and oxygen atoms in total. The average molecular weight is 263 g/mol. The van der Waals surface area contributed by atoms with Crippen molar-refractivity contribution in [3.05, 3.63) is 23.8 Å². The molecule has 0 radical (unpaired) electrons. The summed E-state index contributed by atoms with van der Waals surface area (Å²) in [6.07, 6.45) is 0.494. The summed E-state index contributed by atoms with van der Waals surface area (Å²) in [7, 11) is 0. The van der Waals surface area contributed by atoms with Crippen molar-refractivity contribution in [1.29, 1.82) is 0 Å². The zero-order valence-corrected chi connectivity index (χ0v) is 11.3. The van der Waals surface area contributed by atoms with E-state index in [0.29, 0.717) is 39.3 Å². The Balaban J connectivity index is 1.79. The molecule has 0 bridgehead atoms. The summed E-state index contributed by atoms with van der Waals surface area (Å²) < 4.78 is 5.23. The lowest BCUT2D eigenvalue weighted by molar-refractivity contribution is -0.134. The number of nitrogens with one attached hydrogen (secondary N) is 1. The smallest absolute Gasteiger partial charge is 0.224 e. The molecule has 1 saturated heterocycles. The van der Waals surface area contributed by atoms with E-state index >= 15 is 0 Å². The van der Waals surface area contributed by atoms with Crippen LogP contribution in [0.3, 0.4) is 0 Å². The van der Waals surface area contributed by atoms with Gasteiger partial charge in [0.2, 0.25) is 5.91 Å². The third-order valence-corrected chi connectivity index (χ3v) is 3.39. The molecule has 3 N–H and O–H groups in total. The Morgan fingerprint density at radius 1 is 1.42 bits per heavy atom. The number of ether oxygens (including phenoxy) is 1. The molecule has 0 unspecified atom stereocenters. The fraction of sp³-hybridized carbons (Fsp3) is 0.500. The van der Waals surface area contributed by atoms with Gasteiger partial charge in [-0.05, 0) is 24.6 Å². The SMILES string of the molecule is Cc1c(N)cccc1NCCC(=O)N1CCOCC1. The minimum absolute atomic E-state index is 0.178. The first kappa shape index (κ1) is 13.7. The summed E-state index contributed by atoms with van der Waals surface area (Å²) in [4.78, 5) is 13.8. The van der Waals surface area contributed by atoms with Crippen LogP contribution >= 0.6 is 0 Å². The van der Waals surface area contributed by atoms with Gasteiger partial charge in [-0.15, -0.1) is 0 Å². The Kier molecular flexibility index (Phi) is 4.63. The number of nitrogen functional groups attached to an aromatic ring is 1. The van der Waals surface area contributed by atoms with Gasteiger partial charge >= 0.3 is 0 Å². The van der Waals surface area contributed by atoms with Gasteiger partial charge in [-0.1, -0.05) is 6.07 Å². The monoisotopic (exact) mass is 263 g/mol. The highest BCUT2D eigenvalue weighted by atomic mass is 16.5. The van der Waals surface area contributed by atoms with E-state index in [1.807, 2.05) is 30.0 Å². The molecule has 1 amide bonds. The van der Waals surface area contributed by atoms with E-state index < -0.39 is 0 Å². The summed E-state index contributed by atoms with van der Waals surface area (Å²) in [5, 5.41) is 3.27. The van der Waals surface area contributed by atoms with Gasteiger partial charge in [0, 0.05) is 37.4 Å². The lowest BCUT2D eigenvalue weighted by Gasteiger charge is -2.27. The van der Waals surface area contributed by atoms with Crippen molar-refractivity contribution in [2.45, 2.75) is 13.3 Å². The maximum atomic E-state index is 11.9. The van der Waals surface area contributed by atoms with E-state index in [9.17, 15) is 4.79 Å². The van der Waals surface area contributed by atoms with E-state index in [0.717, 1.165) is 16.9 Å². The third kappa shape index (κ3) is 3.61. The molecule has 0 spiro atoms. The maximum Gasteiger partial charge on any atom is 0.224 e. The van der Waals surface area contributed by atoms with Gasteiger partial charge in [0.25, 0.3) is 0 Å². The van der Waals surface area contributed by atoms with Gasteiger partial charge in [0.1, 0.15) is 0 Å². The topological polar surface area (TPSA) is 67.6 Å². The number of anilines is 2. The van der Waals surface area contributed by atoms with Crippen molar-refractivity contribution >= 4 is 17.3 Å². The molecule has 1 aromatic carbocycles. The second-order valence-electron chi connectivity index (χ2n) is 4.69. The van der Waals surface area contributed by atoms with Gasteiger partial charge in [-0.3, -0.25) is 4.79 Å². The molecule has 19 heavy (non-hydrogen) atoms. The number of hydrogen-bond donors (Lipinski definition) is 2. The fourth-order valence-electron chi connectivity index (χ4n) is 2.12. The summed E-state index contributed by atoms with van der Waals surface area (Å²) in [6, 6.07) is 5.76. The third-order valence-electron chi connectivity index (χ3n) is 3.39. The Morgan fingerprint density at radius 2 is 2.16 bits per heavy atom. The standard InChI is InChI=1S/C14H21N3O2/c1-11-12(15)3-2-4-13(11)16-6-5-14(18)17-7-9-19-10-8-17/h2-4,16H,5-10,15H2,1H3. The predicted octanol–water partition coefficient (Wildman–Crippen LogP) is 1.24. The number of hydrogen-bond acceptors (Lipinski definition) is 4. The van der Waals surface area contributed by atoms with Crippen LogP contribution in [0.5, 0.6) is 0 Å². The molecule has 0 aliphatic carbocycles. The molecular formula is C14H21N3O2. The number of carbonyl (C=O) groups excluding carboxylic acids is 1. The van der Waals surface area contributed by atoms with Gasteiger partial charge in [0.05, 0.1) is 13.2 Å². The van der Waals surface area contributed by atoms with Gasteiger partial charge in [0.15, 0.2) is 0 Å². The van der Waals surface area contributed by atoms with E-state index in [1.54, 1.807) is 0 Å². The number of benzene rings is 1. The van der Waals surface area contributed by atoms with Crippen LogP contribution in [0.25, 0.3) is 0 Å². The van der Waals surface area contributed by atoms with Crippen LogP contribution in [0.15, 0.2) is 18.2 Å². The van der Waals surface area contributed by atoms with Crippen LogP contribution in [0, 0.1) is 6.92 Å². The molecule has 0 atom stereocenters. The molecule has 0 aromatic heterocycles. The van der Waals surface area contributed by atoms with Crippen molar-refractivity contribution in [2.75, 3.05) is 43.9 Å². The molecule has 1 aromatic rings. The van der Waals surface area contributed by atoms with Crippen molar-refractivity contribution in [1.82, 2.24) is 4.90 Å². The number of amides is 1.